The molecule has 0 saturated heterocycles. The molecule has 20 heavy (non-hydrogen) atoms. The van der Waals surface area contributed by atoms with E-state index in [1.54, 1.807) is 6.07 Å². The molecule has 0 bridgehead atoms. The molecule has 7 heteroatoms. The van der Waals surface area contributed by atoms with E-state index in [-0.39, 0.29) is 5.69 Å². The van der Waals surface area contributed by atoms with E-state index in [0.29, 0.717) is 11.5 Å². The Morgan fingerprint density at radius 1 is 1.40 bits per heavy atom. The van der Waals surface area contributed by atoms with Crippen molar-refractivity contribution in [1.29, 1.82) is 0 Å². The predicted molar refractivity (Wildman–Crippen MR) is 83.5 cm³/mol. The van der Waals surface area contributed by atoms with Crippen molar-refractivity contribution in [2.75, 3.05) is 23.9 Å². The molecule has 0 atom stereocenters. The Balaban J connectivity index is 1.89. The zero-order valence-electron chi connectivity index (χ0n) is 11.4. The Labute approximate surface area is 121 Å². The number of nitro groups is 1. The zero-order valence-corrected chi connectivity index (χ0v) is 12.2. The van der Waals surface area contributed by atoms with E-state index in [0.717, 1.165) is 18.5 Å². The highest BCUT2D eigenvalue weighted by Gasteiger charge is 2.09. The number of aromatic amines is 1. The topological polar surface area (TPSA) is 83.8 Å². The average molecular weight is 294 g/mol. The highest BCUT2D eigenvalue weighted by molar-refractivity contribution is 7.98. The Hall–Kier alpha value is -1.76. The van der Waals surface area contributed by atoms with Gasteiger partial charge in [-0.05, 0) is 30.9 Å². The minimum Gasteiger partial charge on any atom is -0.356 e. The summed E-state index contributed by atoms with van der Waals surface area (Å²) in [6.45, 7) is 0.857. The molecule has 2 rings (SSSR count). The molecule has 1 aromatic heterocycles. The van der Waals surface area contributed by atoms with E-state index >= 15 is 0 Å². The quantitative estimate of drug-likeness (QED) is 0.443. The molecular weight excluding hydrogens is 276 g/mol. The number of nitro benzene ring substituents is 1. The standard InChI is InChI=1S/C13H18N4O2S/c1-20-8-4-2-3-7-14-13-15-11-6-5-10(17(18)19)9-12(11)16-13/h5-6,9H,2-4,7-8H2,1H3,(H2,14,15,16). The molecule has 0 spiro atoms. The van der Waals surface area contributed by atoms with E-state index in [2.05, 4.69) is 21.5 Å². The molecular formula is C13H18N4O2S. The van der Waals surface area contributed by atoms with E-state index < -0.39 is 4.92 Å². The first kappa shape index (κ1) is 14.6. The second kappa shape index (κ2) is 7.14. The number of non-ortho nitro benzene ring substituents is 1. The molecule has 0 unspecified atom stereocenters. The summed E-state index contributed by atoms with van der Waals surface area (Å²) in [6, 6.07) is 4.63. The van der Waals surface area contributed by atoms with Crippen molar-refractivity contribution in [2.45, 2.75) is 19.3 Å². The Kier molecular flexibility index (Phi) is 5.23. The Morgan fingerprint density at radius 3 is 3.00 bits per heavy atom. The number of imidazole rings is 1. The fourth-order valence-corrected chi connectivity index (χ4v) is 2.44. The second-order valence-electron chi connectivity index (χ2n) is 4.52. The largest absolute Gasteiger partial charge is 0.356 e. The van der Waals surface area contributed by atoms with Gasteiger partial charge in [0.15, 0.2) is 0 Å². The van der Waals surface area contributed by atoms with Gasteiger partial charge in [-0.25, -0.2) is 4.98 Å². The van der Waals surface area contributed by atoms with Gasteiger partial charge < -0.3 is 10.3 Å². The van der Waals surface area contributed by atoms with Crippen molar-refractivity contribution < 1.29 is 4.92 Å². The van der Waals surface area contributed by atoms with Gasteiger partial charge in [0, 0.05) is 18.7 Å². The first-order valence-electron chi connectivity index (χ1n) is 6.57. The van der Waals surface area contributed by atoms with Gasteiger partial charge in [-0.2, -0.15) is 11.8 Å². The van der Waals surface area contributed by atoms with Crippen LogP contribution in [0.3, 0.4) is 0 Å². The molecule has 6 nitrogen and oxygen atoms in total. The van der Waals surface area contributed by atoms with E-state index in [4.69, 9.17) is 0 Å². The Morgan fingerprint density at radius 2 is 2.25 bits per heavy atom. The van der Waals surface area contributed by atoms with Crippen LogP contribution in [0.15, 0.2) is 18.2 Å². The molecule has 0 aliphatic rings. The lowest BCUT2D eigenvalue weighted by Gasteiger charge is -2.01. The lowest BCUT2D eigenvalue weighted by atomic mass is 10.2. The maximum atomic E-state index is 10.7. The third-order valence-electron chi connectivity index (χ3n) is 2.99. The number of thioether (sulfide) groups is 1. The zero-order chi connectivity index (χ0) is 14.4. The van der Waals surface area contributed by atoms with Crippen molar-refractivity contribution in [2.24, 2.45) is 0 Å². The van der Waals surface area contributed by atoms with E-state index in [1.807, 2.05) is 11.8 Å². The second-order valence-corrected chi connectivity index (χ2v) is 5.51. The molecule has 0 aliphatic carbocycles. The highest BCUT2D eigenvalue weighted by Crippen LogP contribution is 2.20. The molecule has 2 aromatic rings. The third-order valence-corrected chi connectivity index (χ3v) is 3.69. The minimum atomic E-state index is -0.404. The fraction of sp³-hybridized carbons (Fsp3) is 0.462. The summed E-state index contributed by atoms with van der Waals surface area (Å²) in [4.78, 5) is 17.7. The van der Waals surface area contributed by atoms with Crippen LogP contribution >= 0.6 is 11.8 Å². The SMILES string of the molecule is CSCCCCCNc1nc2ccc([N+](=O)[O-])cc2[nH]1. The van der Waals surface area contributed by atoms with Crippen molar-refractivity contribution in [3.63, 3.8) is 0 Å². The summed E-state index contributed by atoms with van der Waals surface area (Å²) >= 11 is 1.87. The summed E-state index contributed by atoms with van der Waals surface area (Å²) in [6.07, 6.45) is 5.64. The van der Waals surface area contributed by atoms with Gasteiger partial charge >= 0.3 is 0 Å². The number of aromatic nitrogens is 2. The number of fused-ring (bicyclic) bond motifs is 1. The van der Waals surface area contributed by atoms with E-state index in [9.17, 15) is 10.1 Å². The number of rotatable bonds is 8. The summed E-state index contributed by atoms with van der Waals surface area (Å²) in [7, 11) is 0. The van der Waals surface area contributed by atoms with Crippen LogP contribution in [-0.2, 0) is 0 Å². The van der Waals surface area contributed by atoms with Crippen LogP contribution in [0.5, 0.6) is 0 Å². The Bertz CT molecular complexity index is 585. The smallest absolute Gasteiger partial charge is 0.271 e. The van der Waals surface area contributed by atoms with Gasteiger partial charge in [-0.1, -0.05) is 6.42 Å². The number of H-pyrrole nitrogens is 1. The molecule has 2 N–H and O–H groups in total. The molecule has 0 saturated carbocycles. The van der Waals surface area contributed by atoms with Crippen molar-refractivity contribution >= 4 is 34.4 Å². The fourth-order valence-electron chi connectivity index (χ4n) is 1.95. The third kappa shape index (κ3) is 3.86. The van der Waals surface area contributed by atoms with Gasteiger partial charge in [0.1, 0.15) is 0 Å². The van der Waals surface area contributed by atoms with Crippen LogP contribution < -0.4 is 5.32 Å². The number of hydrogen-bond donors (Lipinski definition) is 2. The summed E-state index contributed by atoms with van der Waals surface area (Å²) < 4.78 is 0. The van der Waals surface area contributed by atoms with Crippen molar-refractivity contribution in [3.8, 4) is 0 Å². The summed E-state index contributed by atoms with van der Waals surface area (Å²) in [5.74, 6) is 1.87. The van der Waals surface area contributed by atoms with Gasteiger partial charge in [0.2, 0.25) is 5.95 Å². The molecule has 0 radical (unpaired) electrons. The monoisotopic (exact) mass is 294 g/mol. The first-order valence-corrected chi connectivity index (χ1v) is 7.97. The van der Waals surface area contributed by atoms with Crippen molar-refractivity contribution in [3.05, 3.63) is 28.3 Å². The summed E-state index contributed by atoms with van der Waals surface area (Å²) in [5, 5.41) is 13.9. The van der Waals surface area contributed by atoms with Crippen LogP contribution in [0.1, 0.15) is 19.3 Å². The van der Waals surface area contributed by atoms with Crippen LogP contribution in [0.2, 0.25) is 0 Å². The molecule has 0 aliphatic heterocycles. The summed E-state index contributed by atoms with van der Waals surface area (Å²) in [5.41, 5.74) is 1.49. The highest BCUT2D eigenvalue weighted by atomic mass is 32.2. The number of benzene rings is 1. The van der Waals surface area contributed by atoms with Crippen LogP contribution in [0.25, 0.3) is 11.0 Å². The van der Waals surface area contributed by atoms with Crippen LogP contribution in [-0.4, -0.2) is 33.4 Å². The number of anilines is 1. The van der Waals surface area contributed by atoms with Crippen LogP contribution in [0, 0.1) is 10.1 Å². The van der Waals surface area contributed by atoms with Crippen LogP contribution in [0.4, 0.5) is 11.6 Å². The van der Waals surface area contributed by atoms with E-state index in [1.165, 1.54) is 30.7 Å². The van der Waals surface area contributed by atoms with Gasteiger partial charge in [0.25, 0.3) is 5.69 Å². The van der Waals surface area contributed by atoms with Crippen molar-refractivity contribution in [1.82, 2.24) is 9.97 Å². The molecule has 1 aromatic carbocycles. The van der Waals surface area contributed by atoms with Gasteiger partial charge in [-0.15, -0.1) is 0 Å². The molecule has 108 valence electrons. The van der Waals surface area contributed by atoms with Gasteiger partial charge in [-0.3, -0.25) is 10.1 Å². The lowest BCUT2D eigenvalue weighted by Crippen LogP contribution is -2.02. The minimum absolute atomic E-state index is 0.0739. The molecule has 0 fully saturated rings. The number of nitrogens with zero attached hydrogens (tertiary/aromatic N) is 2. The lowest BCUT2D eigenvalue weighted by molar-refractivity contribution is -0.384. The number of hydrogen-bond acceptors (Lipinski definition) is 5. The molecule has 0 amide bonds. The maximum Gasteiger partial charge on any atom is 0.271 e. The number of unbranched alkanes of at least 4 members (excludes halogenated alkanes) is 2. The predicted octanol–water partition coefficient (Wildman–Crippen LogP) is 3.42. The molecule has 1 heterocycles. The maximum absolute atomic E-state index is 10.7. The first-order chi connectivity index (χ1) is 9.70. The van der Waals surface area contributed by atoms with Gasteiger partial charge in [0.05, 0.1) is 16.0 Å². The normalized spacial score (nSPS) is 10.8. The average Bonchev–Trinajstić information content (AvgIpc) is 2.84. The number of nitrogens with one attached hydrogen (secondary N) is 2.